The van der Waals surface area contributed by atoms with Crippen LogP contribution in [0.2, 0.25) is 0 Å². The van der Waals surface area contributed by atoms with Crippen molar-refractivity contribution in [1.82, 2.24) is 5.32 Å². The lowest BCUT2D eigenvalue weighted by Crippen LogP contribution is -2.48. The second-order valence-corrected chi connectivity index (χ2v) is 6.59. The summed E-state index contributed by atoms with van der Waals surface area (Å²) in [6.07, 6.45) is 3.86. The lowest BCUT2D eigenvalue weighted by Gasteiger charge is -2.24. The second-order valence-electron chi connectivity index (χ2n) is 5.04. The zero-order valence-corrected chi connectivity index (χ0v) is 11.3. The molecule has 0 amide bonds. The first-order valence-corrected chi connectivity index (χ1v) is 7.21. The first-order valence-electron chi connectivity index (χ1n) is 6.27. The molecule has 0 bridgehead atoms. The summed E-state index contributed by atoms with van der Waals surface area (Å²) in [5, 5.41) is 13.3. The van der Waals surface area contributed by atoms with E-state index in [-0.39, 0.29) is 0 Å². The Morgan fingerprint density at radius 1 is 1.53 bits per heavy atom. The van der Waals surface area contributed by atoms with Crippen LogP contribution in [0, 0.1) is 0 Å². The van der Waals surface area contributed by atoms with E-state index in [9.17, 15) is 9.90 Å². The molecule has 4 atom stereocenters. The van der Waals surface area contributed by atoms with Crippen LogP contribution in [0.4, 0.5) is 0 Å². The predicted molar refractivity (Wildman–Crippen MR) is 68.5 cm³/mol. The molecule has 1 saturated heterocycles. The molecule has 2 aliphatic rings. The fourth-order valence-electron chi connectivity index (χ4n) is 2.78. The number of carboxylic acid groups (broad SMARTS) is 1. The highest BCUT2D eigenvalue weighted by atomic mass is 32.2. The number of carboxylic acids is 1. The van der Waals surface area contributed by atoms with Gasteiger partial charge in [0.15, 0.2) is 0 Å². The highest BCUT2D eigenvalue weighted by Gasteiger charge is 2.45. The SMILES string of the molecule is CNC1(C(=O)O)CCC(SC2CCOC2C)C1. The van der Waals surface area contributed by atoms with Crippen LogP contribution in [0.15, 0.2) is 0 Å². The summed E-state index contributed by atoms with van der Waals surface area (Å²) in [6, 6.07) is 0. The van der Waals surface area contributed by atoms with E-state index in [2.05, 4.69) is 12.2 Å². The number of carbonyl (C=O) groups is 1. The van der Waals surface area contributed by atoms with Crippen LogP contribution in [-0.4, -0.2) is 46.9 Å². The van der Waals surface area contributed by atoms with Crippen molar-refractivity contribution < 1.29 is 14.6 Å². The molecule has 1 aliphatic heterocycles. The third-order valence-electron chi connectivity index (χ3n) is 4.03. The van der Waals surface area contributed by atoms with E-state index in [1.165, 1.54) is 0 Å². The molecular formula is C12H21NO3S. The summed E-state index contributed by atoms with van der Waals surface area (Å²) < 4.78 is 5.55. The first-order chi connectivity index (χ1) is 8.07. The monoisotopic (exact) mass is 259 g/mol. The molecule has 17 heavy (non-hydrogen) atoms. The maximum absolute atomic E-state index is 11.3. The zero-order chi connectivity index (χ0) is 12.5. The van der Waals surface area contributed by atoms with Crippen molar-refractivity contribution in [1.29, 1.82) is 0 Å². The van der Waals surface area contributed by atoms with E-state index < -0.39 is 11.5 Å². The van der Waals surface area contributed by atoms with Gasteiger partial charge in [-0.1, -0.05) is 0 Å². The highest BCUT2D eigenvalue weighted by Crippen LogP contribution is 2.41. The van der Waals surface area contributed by atoms with Crippen LogP contribution in [0.1, 0.15) is 32.6 Å². The number of thioether (sulfide) groups is 1. The topological polar surface area (TPSA) is 58.6 Å². The Labute approximate surface area is 106 Å². The molecule has 2 N–H and O–H groups in total. The second kappa shape index (κ2) is 5.16. The van der Waals surface area contributed by atoms with E-state index in [0.717, 1.165) is 32.3 Å². The van der Waals surface area contributed by atoms with Crippen molar-refractivity contribution in [3.8, 4) is 0 Å². The number of likely N-dealkylation sites (N-methyl/N-ethyl adjacent to an activating group) is 1. The Bertz CT molecular complexity index is 299. The lowest BCUT2D eigenvalue weighted by molar-refractivity contribution is -0.144. The van der Waals surface area contributed by atoms with Gasteiger partial charge in [0.25, 0.3) is 0 Å². The van der Waals surface area contributed by atoms with Crippen molar-refractivity contribution in [2.45, 2.75) is 54.7 Å². The fourth-order valence-corrected chi connectivity index (χ4v) is 4.44. The molecule has 1 saturated carbocycles. The van der Waals surface area contributed by atoms with Crippen LogP contribution >= 0.6 is 11.8 Å². The molecule has 4 nitrogen and oxygen atoms in total. The molecule has 1 aliphatic carbocycles. The summed E-state index contributed by atoms with van der Waals surface area (Å²) in [4.78, 5) is 11.3. The van der Waals surface area contributed by atoms with Crippen molar-refractivity contribution in [3.63, 3.8) is 0 Å². The van der Waals surface area contributed by atoms with Gasteiger partial charge in [-0.2, -0.15) is 11.8 Å². The van der Waals surface area contributed by atoms with E-state index in [1.807, 2.05) is 11.8 Å². The molecular weight excluding hydrogens is 238 g/mol. The first kappa shape index (κ1) is 13.2. The predicted octanol–water partition coefficient (Wildman–Crippen LogP) is 1.49. The molecule has 0 aromatic rings. The van der Waals surface area contributed by atoms with Crippen LogP contribution < -0.4 is 5.32 Å². The van der Waals surface area contributed by atoms with Gasteiger partial charge in [-0.3, -0.25) is 4.79 Å². The Hall–Kier alpha value is -0.260. The van der Waals surface area contributed by atoms with Crippen LogP contribution in [0.25, 0.3) is 0 Å². The number of nitrogens with one attached hydrogen (secondary N) is 1. The third-order valence-corrected chi connectivity index (χ3v) is 5.79. The van der Waals surface area contributed by atoms with Gasteiger partial charge < -0.3 is 15.2 Å². The average Bonchev–Trinajstić information content (AvgIpc) is 2.88. The minimum Gasteiger partial charge on any atom is -0.480 e. The Balaban J connectivity index is 1.91. The average molecular weight is 259 g/mol. The molecule has 5 heteroatoms. The standard InChI is InChI=1S/C12H21NO3S/c1-8-10(4-6-16-8)17-9-3-5-12(7-9,13-2)11(14)15/h8-10,13H,3-7H2,1-2H3,(H,14,15). The maximum Gasteiger partial charge on any atom is 0.323 e. The van der Waals surface area contributed by atoms with Crippen molar-refractivity contribution >= 4 is 17.7 Å². The summed E-state index contributed by atoms with van der Waals surface area (Å²) in [5.41, 5.74) is -0.694. The quantitative estimate of drug-likeness (QED) is 0.801. The van der Waals surface area contributed by atoms with E-state index in [0.29, 0.717) is 16.6 Å². The molecule has 2 fully saturated rings. The minimum atomic E-state index is -0.709. The van der Waals surface area contributed by atoms with Gasteiger partial charge in [0, 0.05) is 17.1 Å². The summed E-state index contributed by atoms with van der Waals surface area (Å²) in [7, 11) is 1.75. The van der Waals surface area contributed by atoms with E-state index >= 15 is 0 Å². The van der Waals surface area contributed by atoms with E-state index in [4.69, 9.17) is 4.74 Å². The molecule has 4 unspecified atom stereocenters. The molecule has 0 aromatic carbocycles. The number of hydrogen-bond acceptors (Lipinski definition) is 4. The maximum atomic E-state index is 11.3. The molecule has 0 aromatic heterocycles. The van der Waals surface area contributed by atoms with Gasteiger partial charge >= 0.3 is 5.97 Å². The molecule has 2 rings (SSSR count). The van der Waals surface area contributed by atoms with Gasteiger partial charge in [0.1, 0.15) is 5.54 Å². The Morgan fingerprint density at radius 2 is 2.29 bits per heavy atom. The van der Waals surface area contributed by atoms with Crippen LogP contribution in [-0.2, 0) is 9.53 Å². The molecule has 0 radical (unpaired) electrons. The number of aliphatic carboxylic acids is 1. The summed E-state index contributed by atoms with van der Waals surface area (Å²) >= 11 is 1.93. The van der Waals surface area contributed by atoms with Gasteiger partial charge in [-0.05, 0) is 39.7 Å². The van der Waals surface area contributed by atoms with Crippen molar-refractivity contribution in [3.05, 3.63) is 0 Å². The van der Waals surface area contributed by atoms with Crippen molar-refractivity contribution in [2.24, 2.45) is 0 Å². The molecule has 1 heterocycles. The van der Waals surface area contributed by atoms with E-state index in [1.54, 1.807) is 7.05 Å². The molecule has 98 valence electrons. The normalized spacial score (nSPS) is 41.9. The third kappa shape index (κ3) is 2.61. The largest absolute Gasteiger partial charge is 0.480 e. The van der Waals surface area contributed by atoms with Crippen molar-refractivity contribution in [2.75, 3.05) is 13.7 Å². The number of ether oxygens (including phenoxy) is 1. The number of rotatable bonds is 4. The number of hydrogen-bond donors (Lipinski definition) is 2. The lowest BCUT2D eigenvalue weighted by atomic mass is 9.99. The summed E-state index contributed by atoms with van der Waals surface area (Å²) in [5.74, 6) is -0.709. The Morgan fingerprint density at radius 3 is 2.76 bits per heavy atom. The summed E-state index contributed by atoms with van der Waals surface area (Å²) in [6.45, 7) is 2.96. The van der Waals surface area contributed by atoms with Gasteiger partial charge in [0.05, 0.1) is 6.10 Å². The zero-order valence-electron chi connectivity index (χ0n) is 10.4. The minimum absolute atomic E-state index is 0.314. The molecule has 0 spiro atoms. The van der Waals surface area contributed by atoms with Crippen LogP contribution in [0.3, 0.4) is 0 Å². The Kier molecular flexibility index (Phi) is 4.00. The van der Waals surface area contributed by atoms with Gasteiger partial charge in [0.2, 0.25) is 0 Å². The van der Waals surface area contributed by atoms with Crippen LogP contribution in [0.5, 0.6) is 0 Å². The van der Waals surface area contributed by atoms with Gasteiger partial charge in [-0.25, -0.2) is 0 Å². The highest BCUT2D eigenvalue weighted by molar-refractivity contribution is 8.00. The smallest absolute Gasteiger partial charge is 0.323 e. The van der Waals surface area contributed by atoms with Gasteiger partial charge in [-0.15, -0.1) is 0 Å². The fraction of sp³-hybridized carbons (Fsp3) is 0.917.